The first-order valence-electron chi connectivity index (χ1n) is 5.91. The number of furan rings is 1. The highest BCUT2D eigenvalue weighted by molar-refractivity contribution is 6.30. The molecule has 6 heteroatoms. The van der Waals surface area contributed by atoms with E-state index in [-0.39, 0.29) is 5.91 Å². The lowest BCUT2D eigenvalue weighted by Gasteiger charge is -1.99. The van der Waals surface area contributed by atoms with Crippen LogP contribution >= 0.6 is 11.6 Å². The predicted molar refractivity (Wildman–Crippen MR) is 76.6 cm³/mol. The molecule has 2 heterocycles. The minimum Gasteiger partial charge on any atom is -0.438 e. The summed E-state index contributed by atoms with van der Waals surface area (Å²) in [6, 6.07) is 9.07. The normalized spacial score (nSPS) is 10.7. The van der Waals surface area contributed by atoms with Gasteiger partial charge in [0.25, 0.3) is 0 Å². The van der Waals surface area contributed by atoms with E-state index in [2.05, 4.69) is 15.3 Å². The lowest BCUT2D eigenvalue weighted by atomic mass is 10.1. The largest absolute Gasteiger partial charge is 0.438 e. The van der Waals surface area contributed by atoms with Crippen molar-refractivity contribution in [1.82, 2.24) is 9.97 Å². The number of carbonyl (C=O) groups excluding carboxylic acids is 1. The van der Waals surface area contributed by atoms with Crippen molar-refractivity contribution in [1.29, 1.82) is 0 Å². The SMILES string of the molecule is CC(=O)Nc1ncnc2oc(-c3ccc(Cl)cc3)cc12. The van der Waals surface area contributed by atoms with Gasteiger partial charge in [-0.2, -0.15) is 0 Å². The molecule has 3 aromatic rings. The number of hydrogen-bond acceptors (Lipinski definition) is 4. The molecule has 100 valence electrons. The third-order valence-electron chi connectivity index (χ3n) is 2.75. The number of benzene rings is 1. The van der Waals surface area contributed by atoms with Crippen LogP contribution in [0.5, 0.6) is 0 Å². The molecule has 1 N–H and O–H groups in total. The zero-order chi connectivity index (χ0) is 14.1. The smallest absolute Gasteiger partial charge is 0.231 e. The Kier molecular flexibility index (Phi) is 3.12. The maximum absolute atomic E-state index is 11.2. The number of fused-ring (bicyclic) bond motifs is 1. The van der Waals surface area contributed by atoms with E-state index in [0.29, 0.717) is 27.7 Å². The minimum absolute atomic E-state index is 0.195. The molecule has 0 aliphatic rings. The Morgan fingerprint density at radius 2 is 2.00 bits per heavy atom. The minimum atomic E-state index is -0.195. The average molecular weight is 288 g/mol. The molecule has 1 amide bonds. The van der Waals surface area contributed by atoms with E-state index in [1.54, 1.807) is 18.2 Å². The summed E-state index contributed by atoms with van der Waals surface area (Å²) < 4.78 is 5.67. The van der Waals surface area contributed by atoms with Gasteiger partial charge >= 0.3 is 0 Å². The number of nitrogens with zero attached hydrogens (tertiary/aromatic N) is 2. The van der Waals surface area contributed by atoms with Crippen LogP contribution < -0.4 is 5.32 Å². The van der Waals surface area contributed by atoms with Crippen molar-refractivity contribution < 1.29 is 9.21 Å². The zero-order valence-electron chi connectivity index (χ0n) is 10.6. The van der Waals surface area contributed by atoms with E-state index >= 15 is 0 Å². The summed E-state index contributed by atoms with van der Waals surface area (Å²) >= 11 is 5.86. The van der Waals surface area contributed by atoms with Crippen LogP contribution in [-0.4, -0.2) is 15.9 Å². The van der Waals surface area contributed by atoms with E-state index in [4.69, 9.17) is 16.0 Å². The molecule has 0 aliphatic carbocycles. The monoisotopic (exact) mass is 287 g/mol. The highest BCUT2D eigenvalue weighted by Gasteiger charge is 2.12. The fourth-order valence-corrected chi connectivity index (χ4v) is 2.00. The number of hydrogen-bond donors (Lipinski definition) is 1. The highest BCUT2D eigenvalue weighted by Crippen LogP contribution is 2.30. The third-order valence-corrected chi connectivity index (χ3v) is 3.00. The van der Waals surface area contributed by atoms with Crippen molar-refractivity contribution in [2.45, 2.75) is 6.92 Å². The number of carbonyl (C=O) groups is 1. The Balaban J connectivity index is 2.10. The summed E-state index contributed by atoms with van der Waals surface area (Å²) in [6.07, 6.45) is 1.35. The van der Waals surface area contributed by atoms with E-state index in [1.807, 2.05) is 12.1 Å². The third kappa shape index (κ3) is 2.35. The maximum atomic E-state index is 11.2. The Morgan fingerprint density at radius 1 is 1.25 bits per heavy atom. The summed E-state index contributed by atoms with van der Waals surface area (Å²) in [4.78, 5) is 19.3. The van der Waals surface area contributed by atoms with Crippen molar-refractivity contribution in [2.75, 3.05) is 5.32 Å². The van der Waals surface area contributed by atoms with Gasteiger partial charge in [0.2, 0.25) is 11.6 Å². The summed E-state index contributed by atoms with van der Waals surface area (Å²) in [5, 5.41) is 3.97. The second-order valence-corrected chi connectivity index (χ2v) is 4.68. The fourth-order valence-electron chi connectivity index (χ4n) is 1.88. The molecule has 20 heavy (non-hydrogen) atoms. The fraction of sp³-hybridized carbons (Fsp3) is 0.0714. The quantitative estimate of drug-likeness (QED) is 0.783. The zero-order valence-corrected chi connectivity index (χ0v) is 11.3. The first-order valence-corrected chi connectivity index (χ1v) is 6.29. The second-order valence-electron chi connectivity index (χ2n) is 4.24. The van der Waals surface area contributed by atoms with E-state index in [0.717, 1.165) is 5.56 Å². The van der Waals surface area contributed by atoms with Gasteiger partial charge in [-0.25, -0.2) is 9.97 Å². The van der Waals surface area contributed by atoms with E-state index in [1.165, 1.54) is 13.3 Å². The molecule has 3 rings (SSSR count). The van der Waals surface area contributed by atoms with Gasteiger partial charge in [-0.15, -0.1) is 0 Å². The molecule has 0 atom stereocenters. The number of aromatic nitrogens is 2. The van der Waals surface area contributed by atoms with Gasteiger partial charge < -0.3 is 9.73 Å². The van der Waals surface area contributed by atoms with Gasteiger partial charge in [-0.1, -0.05) is 11.6 Å². The van der Waals surface area contributed by atoms with Crippen LogP contribution in [0.2, 0.25) is 5.02 Å². The van der Waals surface area contributed by atoms with Crippen LogP contribution in [-0.2, 0) is 4.79 Å². The Morgan fingerprint density at radius 3 is 2.70 bits per heavy atom. The first kappa shape index (κ1) is 12.6. The van der Waals surface area contributed by atoms with E-state index in [9.17, 15) is 4.79 Å². The molecule has 0 radical (unpaired) electrons. The summed E-state index contributed by atoms with van der Waals surface area (Å²) in [6.45, 7) is 1.42. The van der Waals surface area contributed by atoms with Crippen LogP contribution in [0.15, 0.2) is 41.1 Å². The van der Waals surface area contributed by atoms with E-state index < -0.39 is 0 Å². The van der Waals surface area contributed by atoms with Gasteiger partial charge in [0.05, 0.1) is 5.39 Å². The number of halogens is 1. The molecule has 0 saturated heterocycles. The van der Waals surface area contributed by atoms with Crippen molar-refractivity contribution in [3.8, 4) is 11.3 Å². The van der Waals surface area contributed by atoms with Crippen LogP contribution in [0, 0.1) is 0 Å². The predicted octanol–water partition coefficient (Wildman–Crippen LogP) is 3.50. The second kappa shape index (κ2) is 4.94. The number of rotatable bonds is 2. The van der Waals surface area contributed by atoms with Crippen molar-refractivity contribution in [3.05, 3.63) is 41.7 Å². The van der Waals surface area contributed by atoms with Gasteiger partial charge in [0, 0.05) is 17.5 Å². The first-order chi connectivity index (χ1) is 9.63. The van der Waals surface area contributed by atoms with Crippen molar-refractivity contribution in [2.24, 2.45) is 0 Å². The summed E-state index contributed by atoms with van der Waals surface area (Å²) in [5.41, 5.74) is 1.30. The molecule has 2 aromatic heterocycles. The molecular formula is C14H10ClN3O2. The van der Waals surface area contributed by atoms with Crippen LogP contribution in [0.25, 0.3) is 22.4 Å². The molecule has 0 spiro atoms. The average Bonchev–Trinajstić information content (AvgIpc) is 2.84. The molecule has 0 aliphatic heterocycles. The number of amides is 1. The molecular weight excluding hydrogens is 278 g/mol. The Bertz CT molecular complexity index is 781. The molecule has 0 saturated carbocycles. The van der Waals surface area contributed by atoms with Crippen LogP contribution in [0.3, 0.4) is 0 Å². The lowest BCUT2D eigenvalue weighted by molar-refractivity contribution is -0.114. The topological polar surface area (TPSA) is 68.0 Å². The highest BCUT2D eigenvalue weighted by atomic mass is 35.5. The van der Waals surface area contributed by atoms with Gasteiger partial charge in [-0.05, 0) is 30.3 Å². The van der Waals surface area contributed by atoms with Gasteiger partial charge in [0.15, 0.2) is 0 Å². The van der Waals surface area contributed by atoms with Gasteiger partial charge in [0.1, 0.15) is 17.9 Å². The number of anilines is 1. The summed E-state index contributed by atoms with van der Waals surface area (Å²) in [7, 11) is 0. The van der Waals surface area contributed by atoms with Crippen molar-refractivity contribution >= 4 is 34.4 Å². The maximum Gasteiger partial charge on any atom is 0.231 e. The molecule has 0 fully saturated rings. The number of nitrogens with one attached hydrogen (secondary N) is 1. The molecule has 0 unspecified atom stereocenters. The standard InChI is InChI=1S/C14H10ClN3O2/c1-8(19)18-13-11-6-12(20-14(11)17-7-16-13)9-2-4-10(15)5-3-9/h2-7H,1H3,(H,16,17,18,19). The Hall–Kier alpha value is -2.40. The molecule has 0 bridgehead atoms. The molecule has 1 aromatic carbocycles. The van der Waals surface area contributed by atoms with Crippen molar-refractivity contribution in [3.63, 3.8) is 0 Å². The lowest BCUT2D eigenvalue weighted by Crippen LogP contribution is -2.07. The van der Waals surface area contributed by atoms with Gasteiger partial charge in [-0.3, -0.25) is 4.79 Å². The molecule has 5 nitrogen and oxygen atoms in total. The van der Waals surface area contributed by atoms with Crippen LogP contribution in [0.4, 0.5) is 5.82 Å². The van der Waals surface area contributed by atoms with Crippen LogP contribution in [0.1, 0.15) is 6.92 Å². The summed E-state index contributed by atoms with van der Waals surface area (Å²) in [5.74, 6) is 0.884. The Labute approximate surface area is 119 Å².